The number of oxime groups is 1. The van der Waals surface area contributed by atoms with Crippen LogP contribution < -0.4 is 0 Å². The first kappa shape index (κ1) is 8.96. The van der Waals surface area contributed by atoms with E-state index in [0.717, 1.165) is 24.5 Å². The summed E-state index contributed by atoms with van der Waals surface area (Å²) in [6.45, 7) is 0. The van der Waals surface area contributed by atoms with Crippen LogP contribution in [0.5, 0.6) is 0 Å². The lowest BCUT2D eigenvalue weighted by Crippen LogP contribution is -1.96. The van der Waals surface area contributed by atoms with Crippen LogP contribution in [0.25, 0.3) is 0 Å². The minimum absolute atomic E-state index is 0.835. The van der Waals surface area contributed by atoms with Crippen molar-refractivity contribution in [2.75, 3.05) is 7.11 Å². The third-order valence-corrected chi connectivity index (χ3v) is 3.35. The summed E-state index contributed by atoms with van der Waals surface area (Å²) in [6.07, 6.45) is 4.91. The lowest BCUT2D eigenvalue weighted by Gasteiger charge is -2.06. The Morgan fingerprint density at radius 3 is 2.87 bits per heavy atom. The smallest absolute Gasteiger partial charge is 0.106 e. The van der Waals surface area contributed by atoms with E-state index in [1.165, 1.54) is 24.0 Å². The molecule has 3 rings (SSSR count). The summed E-state index contributed by atoms with van der Waals surface area (Å²) in [4.78, 5) is 4.89. The standard InChI is InChI=1S/C13H15NO/c1-15-14-13-8-7-11-10(9-5-6-9)3-2-4-12(11)13/h2-4,9H,5-8H2,1H3/b14-13-. The Labute approximate surface area is 89.9 Å². The van der Waals surface area contributed by atoms with E-state index in [-0.39, 0.29) is 0 Å². The highest BCUT2D eigenvalue weighted by Crippen LogP contribution is 2.44. The molecule has 0 N–H and O–H groups in total. The zero-order valence-corrected chi connectivity index (χ0v) is 8.99. The Morgan fingerprint density at radius 1 is 1.27 bits per heavy atom. The fraction of sp³-hybridized carbons (Fsp3) is 0.462. The molecular weight excluding hydrogens is 186 g/mol. The Hall–Kier alpha value is -1.31. The average Bonchev–Trinajstić information content (AvgIpc) is 3.02. The van der Waals surface area contributed by atoms with E-state index in [1.54, 1.807) is 12.7 Å². The minimum atomic E-state index is 0.835. The van der Waals surface area contributed by atoms with Crippen molar-refractivity contribution in [1.82, 2.24) is 0 Å². The van der Waals surface area contributed by atoms with Gasteiger partial charge in [0.05, 0.1) is 5.71 Å². The van der Waals surface area contributed by atoms with Crippen molar-refractivity contribution >= 4 is 5.71 Å². The molecule has 0 atom stereocenters. The summed E-state index contributed by atoms with van der Waals surface area (Å²) < 4.78 is 0. The van der Waals surface area contributed by atoms with E-state index in [9.17, 15) is 0 Å². The van der Waals surface area contributed by atoms with Gasteiger partial charge in [0, 0.05) is 5.56 Å². The number of nitrogens with zero attached hydrogens (tertiary/aromatic N) is 1. The zero-order chi connectivity index (χ0) is 10.3. The van der Waals surface area contributed by atoms with Gasteiger partial charge in [-0.15, -0.1) is 0 Å². The van der Waals surface area contributed by atoms with Crippen LogP contribution in [0.3, 0.4) is 0 Å². The van der Waals surface area contributed by atoms with Crippen LogP contribution in [0.4, 0.5) is 0 Å². The molecule has 0 radical (unpaired) electrons. The van der Waals surface area contributed by atoms with Gasteiger partial charge in [-0.1, -0.05) is 23.4 Å². The summed E-state index contributed by atoms with van der Waals surface area (Å²) in [7, 11) is 1.62. The minimum Gasteiger partial charge on any atom is -0.399 e. The zero-order valence-electron chi connectivity index (χ0n) is 8.99. The molecule has 0 heterocycles. The monoisotopic (exact) mass is 201 g/mol. The van der Waals surface area contributed by atoms with E-state index < -0.39 is 0 Å². The largest absolute Gasteiger partial charge is 0.399 e. The van der Waals surface area contributed by atoms with Gasteiger partial charge < -0.3 is 4.84 Å². The molecule has 0 amide bonds. The molecule has 0 unspecified atom stereocenters. The topological polar surface area (TPSA) is 21.6 Å². The maximum Gasteiger partial charge on any atom is 0.106 e. The summed E-state index contributed by atoms with van der Waals surface area (Å²) in [5.41, 5.74) is 5.53. The van der Waals surface area contributed by atoms with Gasteiger partial charge in [0.15, 0.2) is 0 Å². The van der Waals surface area contributed by atoms with E-state index in [4.69, 9.17) is 4.84 Å². The number of benzene rings is 1. The Balaban J connectivity index is 2.06. The van der Waals surface area contributed by atoms with Gasteiger partial charge in [-0.3, -0.25) is 0 Å². The van der Waals surface area contributed by atoms with Crippen LogP contribution in [-0.2, 0) is 11.3 Å². The SMILES string of the molecule is CO/N=C1/CCc2c1cccc2C1CC1. The van der Waals surface area contributed by atoms with Crippen LogP contribution in [0.15, 0.2) is 23.4 Å². The lowest BCUT2D eigenvalue weighted by molar-refractivity contribution is 0.213. The average molecular weight is 201 g/mol. The predicted molar refractivity (Wildman–Crippen MR) is 60.3 cm³/mol. The molecule has 0 spiro atoms. The summed E-state index contributed by atoms with van der Waals surface area (Å²) in [5.74, 6) is 0.835. The second-order valence-corrected chi connectivity index (χ2v) is 4.37. The first-order valence-electron chi connectivity index (χ1n) is 5.62. The Kier molecular flexibility index (Phi) is 2.01. The van der Waals surface area contributed by atoms with E-state index in [0.29, 0.717) is 0 Å². The summed E-state index contributed by atoms with van der Waals surface area (Å²) >= 11 is 0. The highest BCUT2D eigenvalue weighted by Gasteiger charge is 2.29. The van der Waals surface area contributed by atoms with E-state index in [2.05, 4.69) is 23.4 Å². The highest BCUT2D eigenvalue weighted by molar-refractivity contribution is 6.04. The molecular formula is C13H15NO. The number of rotatable bonds is 2. The molecule has 15 heavy (non-hydrogen) atoms. The van der Waals surface area contributed by atoms with Gasteiger partial charge in [-0.2, -0.15) is 0 Å². The van der Waals surface area contributed by atoms with Gasteiger partial charge in [0.1, 0.15) is 7.11 Å². The van der Waals surface area contributed by atoms with Crippen molar-refractivity contribution in [2.24, 2.45) is 5.16 Å². The van der Waals surface area contributed by atoms with Crippen molar-refractivity contribution in [3.63, 3.8) is 0 Å². The maximum absolute atomic E-state index is 4.89. The van der Waals surface area contributed by atoms with E-state index >= 15 is 0 Å². The second kappa shape index (κ2) is 3.37. The first-order chi connectivity index (χ1) is 7.40. The molecule has 1 aromatic rings. The summed E-state index contributed by atoms with van der Waals surface area (Å²) in [5, 5.41) is 4.10. The van der Waals surface area contributed by atoms with Crippen LogP contribution in [0.2, 0.25) is 0 Å². The van der Waals surface area contributed by atoms with Crippen molar-refractivity contribution < 1.29 is 4.84 Å². The fourth-order valence-corrected chi connectivity index (χ4v) is 2.51. The van der Waals surface area contributed by atoms with Crippen LogP contribution >= 0.6 is 0 Å². The van der Waals surface area contributed by atoms with Gasteiger partial charge in [-0.05, 0) is 42.7 Å². The van der Waals surface area contributed by atoms with Crippen molar-refractivity contribution in [3.05, 3.63) is 34.9 Å². The van der Waals surface area contributed by atoms with E-state index in [1.807, 2.05) is 0 Å². The normalized spacial score (nSPS) is 21.8. The molecule has 2 aliphatic rings. The van der Waals surface area contributed by atoms with Crippen LogP contribution in [0, 0.1) is 0 Å². The van der Waals surface area contributed by atoms with Crippen LogP contribution in [0.1, 0.15) is 41.9 Å². The van der Waals surface area contributed by atoms with Crippen molar-refractivity contribution in [3.8, 4) is 0 Å². The predicted octanol–water partition coefficient (Wildman–Crippen LogP) is 2.86. The van der Waals surface area contributed by atoms with Crippen molar-refractivity contribution in [1.29, 1.82) is 0 Å². The molecule has 1 aromatic carbocycles. The molecule has 0 bridgehead atoms. The molecule has 2 nitrogen and oxygen atoms in total. The summed E-state index contributed by atoms with van der Waals surface area (Å²) in [6, 6.07) is 6.61. The Bertz CT molecular complexity index is 419. The molecule has 0 saturated heterocycles. The van der Waals surface area contributed by atoms with Gasteiger partial charge >= 0.3 is 0 Å². The number of hydrogen-bond donors (Lipinski definition) is 0. The van der Waals surface area contributed by atoms with Gasteiger partial charge in [-0.25, -0.2) is 0 Å². The Morgan fingerprint density at radius 2 is 2.13 bits per heavy atom. The number of fused-ring (bicyclic) bond motifs is 1. The third-order valence-electron chi connectivity index (χ3n) is 3.35. The highest BCUT2D eigenvalue weighted by atomic mass is 16.6. The third kappa shape index (κ3) is 1.44. The second-order valence-electron chi connectivity index (χ2n) is 4.37. The molecule has 78 valence electrons. The quantitative estimate of drug-likeness (QED) is 0.674. The lowest BCUT2D eigenvalue weighted by atomic mass is 10.00. The number of hydrogen-bond acceptors (Lipinski definition) is 2. The molecule has 2 aliphatic carbocycles. The van der Waals surface area contributed by atoms with Crippen LogP contribution in [-0.4, -0.2) is 12.8 Å². The molecule has 0 aliphatic heterocycles. The first-order valence-corrected chi connectivity index (χ1v) is 5.62. The molecule has 2 heteroatoms. The fourth-order valence-electron chi connectivity index (χ4n) is 2.51. The molecule has 1 saturated carbocycles. The van der Waals surface area contributed by atoms with Gasteiger partial charge in [0.2, 0.25) is 0 Å². The molecule has 1 fully saturated rings. The maximum atomic E-state index is 4.89. The van der Waals surface area contributed by atoms with Gasteiger partial charge in [0.25, 0.3) is 0 Å². The van der Waals surface area contributed by atoms with Crippen molar-refractivity contribution in [2.45, 2.75) is 31.6 Å². The molecule has 0 aromatic heterocycles.